The number of hydrogen-bond acceptors (Lipinski definition) is 0. The van der Waals surface area contributed by atoms with Crippen molar-refractivity contribution in [2.75, 3.05) is 0 Å². The van der Waals surface area contributed by atoms with Gasteiger partial charge in [0.05, 0.1) is 3.23 Å². The van der Waals surface area contributed by atoms with E-state index in [-0.39, 0.29) is 3.23 Å². The third-order valence-corrected chi connectivity index (χ3v) is 4.38. The lowest BCUT2D eigenvalue weighted by Crippen LogP contribution is -1.87. The molecule has 0 amide bonds. The lowest BCUT2D eigenvalue weighted by Gasteiger charge is -2.00. The van der Waals surface area contributed by atoms with Gasteiger partial charge in [0.25, 0.3) is 0 Å². The Hall–Kier alpha value is 0.660. The third-order valence-electron chi connectivity index (χ3n) is 2.10. The van der Waals surface area contributed by atoms with Crippen LogP contribution in [0.4, 0.5) is 0 Å². The molecule has 1 aliphatic carbocycles. The molecule has 0 spiro atoms. The summed E-state index contributed by atoms with van der Waals surface area (Å²) in [5, 5.41) is 0. The minimum Gasteiger partial charge on any atom is -0.0720 e. The maximum atomic E-state index is 3.61. The van der Waals surface area contributed by atoms with Gasteiger partial charge >= 0.3 is 0 Å². The van der Waals surface area contributed by atoms with Gasteiger partial charge in [-0.15, -0.1) is 0 Å². The molecule has 1 atom stereocenters. The van der Waals surface area contributed by atoms with Crippen molar-refractivity contribution in [3.63, 3.8) is 0 Å². The van der Waals surface area contributed by atoms with Gasteiger partial charge in [0.1, 0.15) is 0 Å². The second kappa shape index (κ2) is 3.10. The summed E-state index contributed by atoms with van der Waals surface area (Å²) in [5.41, 5.74) is 1.40. The molecule has 64 valence electrons. The fraction of sp³-hybridized carbons (Fsp3) is 0.333. The molecule has 0 unspecified atom stereocenters. The van der Waals surface area contributed by atoms with Gasteiger partial charge in [0.2, 0.25) is 0 Å². The number of rotatable bonds is 1. The summed E-state index contributed by atoms with van der Waals surface area (Å²) < 4.78 is 1.31. The van der Waals surface area contributed by atoms with Gasteiger partial charge in [-0.1, -0.05) is 59.9 Å². The molecule has 2 rings (SSSR count). The monoisotopic (exact) mass is 352 g/mol. The summed E-state index contributed by atoms with van der Waals surface area (Å²) in [6, 6.07) is 8.51. The van der Waals surface area contributed by atoms with E-state index < -0.39 is 0 Å². The van der Waals surface area contributed by atoms with E-state index in [4.69, 9.17) is 0 Å². The van der Waals surface area contributed by atoms with Crippen LogP contribution in [0.25, 0.3) is 0 Å². The maximum absolute atomic E-state index is 3.61. The zero-order valence-electron chi connectivity index (χ0n) is 6.23. The van der Waals surface area contributed by atoms with Crippen molar-refractivity contribution in [2.24, 2.45) is 0 Å². The first-order valence-corrected chi connectivity index (χ1v) is 6.11. The Morgan fingerprint density at radius 3 is 2.08 bits per heavy atom. The molecular formula is C9H7Br3. The summed E-state index contributed by atoms with van der Waals surface area (Å²) >= 11 is 10.6. The zero-order chi connectivity index (χ0) is 8.77. The van der Waals surface area contributed by atoms with Crippen LogP contribution in [-0.4, -0.2) is 3.23 Å². The van der Waals surface area contributed by atoms with Crippen LogP contribution >= 0.6 is 47.8 Å². The van der Waals surface area contributed by atoms with E-state index in [0.717, 1.165) is 4.47 Å². The SMILES string of the molecule is Brc1ccc([C@@H]2CC2(Br)Br)cc1. The van der Waals surface area contributed by atoms with Crippen LogP contribution in [0, 0.1) is 0 Å². The van der Waals surface area contributed by atoms with Crippen LogP contribution in [-0.2, 0) is 0 Å². The van der Waals surface area contributed by atoms with E-state index >= 15 is 0 Å². The van der Waals surface area contributed by atoms with Gasteiger partial charge in [-0.25, -0.2) is 0 Å². The molecule has 1 aromatic carbocycles. The smallest absolute Gasteiger partial charge is 0.0720 e. The Labute approximate surface area is 97.1 Å². The van der Waals surface area contributed by atoms with Gasteiger partial charge < -0.3 is 0 Å². The number of alkyl halides is 2. The van der Waals surface area contributed by atoms with E-state index in [1.165, 1.54) is 12.0 Å². The molecule has 0 saturated heterocycles. The summed E-state index contributed by atoms with van der Waals surface area (Å²) in [4.78, 5) is 0. The topological polar surface area (TPSA) is 0 Å². The molecular weight excluding hydrogens is 348 g/mol. The third kappa shape index (κ3) is 1.78. The van der Waals surface area contributed by atoms with Gasteiger partial charge in [0.15, 0.2) is 0 Å². The standard InChI is InChI=1S/C9H7Br3/c10-7-3-1-6(2-4-7)8-5-9(8,11)12/h1-4,8H,5H2/t8-/m0/s1. The Morgan fingerprint density at radius 2 is 1.67 bits per heavy atom. The molecule has 0 radical (unpaired) electrons. The molecule has 0 aliphatic heterocycles. The van der Waals surface area contributed by atoms with Crippen molar-refractivity contribution >= 4 is 47.8 Å². The summed E-state index contributed by atoms with van der Waals surface area (Å²) in [6.07, 6.45) is 1.18. The van der Waals surface area contributed by atoms with E-state index in [2.05, 4.69) is 72.1 Å². The normalized spacial score (nSPS) is 25.4. The number of hydrogen-bond donors (Lipinski definition) is 0. The largest absolute Gasteiger partial charge is 0.0881 e. The molecule has 3 heteroatoms. The van der Waals surface area contributed by atoms with Crippen LogP contribution in [0.3, 0.4) is 0 Å². The molecule has 1 fully saturated rings. The van der Waals surface area contributed by atoms with Crippen molar-refractivity contribution in [2.45, 2.75) is 15.6 Å². The minimum atomic E-state index is 0.174. The van der Waals surface area contributed by atoms with Crippen molar-refractivity contribution < 1.29 is 0 Å². The van der Waals surface area contributed by atoms with E-state index in [0.29, 0.717) is 5.92 Å². The first-order valence-electron chi connectivity index (χ1n) is 3.73. The molecule has 0 aromatic heterocycles. The predicted octanol–water partition coefficient (Wildman–Crippen LogP) is 4.42. The van der Waals surface area contributed by atoms with Gasteiger partial charge in [-0.2, -0.15) is 0 Å². The quantitative estimate of drug-likeness (QED) is 0.655. The summed E-state index contributed by atoms with van der Waals surface area (Å²) in [6.45, 7) is 0. The van der Waals surface area contributed by atoms with Gasteiger partial charge in [0, 0.05) is 10.4 Å². The zero-order valence-corrected chi connectivity index (χ0v) is 11.0. The highest BCUT2D eigenvalue weighted by molar-refractivity contribution is 9.25. The van der Waals surface area contributed by atoms with Crippen molar-refractivity contribution in [1.29, 1.82) is 0 Å². The summed E-state index contributed by atoms with van der Waals surface area (Å²) in [5.74, 6) is 0.630. The first-order chi connectivity index (χ1) is 5.59. The van der Waals surface area contributed by atoms with Crippen molar-refractivity contribution in [3.8, 4) is 0 Å². The van der Waals surface area contributed by atoms with Crippen molar-refractivity contribution in [1.82, 2.24) is 0 Å². The highest BCUT2D eigenvalue weighted by atomic mass is 79.9. The first kappa shape index (κ1) is 9.22. The fourth-order valence-electron chi connectivity index (χ4n) is 1.27. The van der Waals surface area contributed by atoms with E-state index in [1.807, 2.05) is 0 Å². The molecule has 12 heavy (non-hydrogen) atoms. The molecule has 1 saturated carbocycles. The van der Waals surface area contributed by atoms with E-state index in [1.54, 1.807) is 0 Å². The van der Waals surface area contributed by atoms with Crippen LogP contribution in [0.15, 0.2) is 28.7 Å². The van der Waals surface area contributed by atoms with Gasteiger partial charge in [-0.3, -0.25) is 0 Å². The average molecular weight is 355 g/mol. The van der Waals surface area contributed by atoms with Crippen LogP contribution < -0.4 is 0 Å². The molecule has 1 aliphatic rings. The predicted molar refractivity (Wildman–Crippen MR) is 62.1 cm³/mol. The second-order valence-corrected chi connectivity index (χ2v) is 7.88. The number of benzene rings is 1. The molecule has 0 bridgehead atoms. The second-order valence-electron chi connectivity index (χ2n) is 3.07. The minimum absolute atomic E-state index is 0.174. The van der Waals surface area contributed by atoms with Crippen LogP contribution in [0.2, 0.25) is 0 Å². The molecule has 1 aromatic rings. The highest BCUT2D eigenvalue weighted by Gasteiger charge is 2.50. The van der Waals surface area contributed by atoms with E-state index in [9.17, 15) is 0 Å². The Kier molecular flexibility index (Phi) is 2.39. The molecule has 0 N–H and O–H groups in total. The lowest BCUT2D eigenvalue weighted by molar-refractivity contribution is 1.13. The van der Waals surface area contributed by atoms with Crippen LogP contribution in [0.1, 0.15) is 17.9 Å². The lowest BCUT2D eigenvalue weighted by atomic mass is 10.1. The van der Waals surface area contributed by atoms with Gasteiger partial charge in [-0.05, 0) is 24.1 Å². The molecule has 0 heterocycles. The number of halogens is 3. The average Bonchev–Trinajstić information content (AvgIpc) is 2.61. The maximum Gasteiger partial charge on any atom is 0.0881 e. The Bertz CT molecular complexity index is 289. The summed E-state index contributed by atoms with van der Waals surface area (Å²) in [7, 11) is 0. The fourth-order valence-corrected chi connectivity index (χ4v) is 2.71. The van der Waals surface area contributed by atoms with Crippen molar-refractivity contribution in [3.05, 3.63) is 34.3 Å². The molecule has 0 nitrogen and oxygen atoms in total. The Morgan fingerprint density at radius 1 is 1.17 bits per heavy atom. The highest BCUT2D eigenvalue weighted by Crippen LogP contribution is 2.62. The Balaban J connectivity index is 2.21. The van der Waals surface area contributed by atoms with Crippen LogP contribution in [0.5, 0.6) is 0 Å².